The van der Waals surface area contributed by atoms with Crippen LogP contribution in [0.25, 0.3) is 0 Å². The molecule has 1 aliphatic heterocycles. The first-order valence-electron chi connectivity index (χ1n) is 7.36. The minimum Gasteiger partial charge on any atom is -0.460 e. The number of carbonyl (C=O) groups is 1. The molecule has 2 rings (SSSR count). The van der Waals surface area contributed by atoms with E-state index in [0.29, 0.717) is 17.0 Å². The molecule has 8 nitrogen and oxygen atoms in total. The van der Waals surface area contributed by atoms with Crippen molar-refractivity contribution in [1.29, 1.82) is 0 Å². The minimum atomic E-state index is -0.843. The average molecular weight is 333 g/mol. The molecule has 1 N–H and O–H groups in total. The molecule has 1 unspecified atom stereocenters. The zero-order valence-corrected chi connectivity index (χ0v) is 13.7. The van der Waals surface area contributed by atoms with E-state index in [1.807, 2.05) is 0 Å². The van der Waals surface area contributed by atoms with E-state index in [9.17, 15) is 14.9 Å². The average Bonchev–Trinajstić information content (AvgIpc) is 2.54. The summed E-state index contributed by atoms with van der Waals surface area (Å²) in [7, 11) is 1.50. The van der Waals surface area contributed by atoms with Crippen LogP contribution in [0, 0.1) is 10.1 Å². The Hall–Kier alpha value is -2.74. The summed E-state index contributed by atoms with van der Waals surface area (Å²) in [6.07, 6.45) is 3.09. The zero-order chi connectivity index (χ0) is 17.7. The number of hydrogen-bond acceptors (Lipinski definition) is 7. The van der Waals surface area contributed by atoms with Gasteiger partial charge in [0.05, 0.1) is 22.8 Å². The lowest BCUT2D eigenvalue weighted by Gasteiger charge is -2.26. The Kier molecular flexibility index (Phi) is 5.64. The van der Waals surface area contributed by atoms with Gasteiger partial charge in [-0.3, -0.25) is 15.1 Å². The first-order valence-corrected chi connectivity index (χ1v) is 7.36. The van der Waals surface area contributed by atoms with Gasteiger partial charge >= 0.3 is 5.97 Å². The van der Waals surface area contributed by atoms with Gasteiger partial charge in [0.2, 0.25) is 0 Å². The van der Waals surface area contributed by atoms with Crippen molar-refractivity contribution in [1.82, 2.24) is 10.3 Å². The van der Waals surface area contributed by atoms with Crippen LogP contribution in [0.15, 0.2) is 47.2 Å². The first kappa shape index (κ1) is 17.6. The van der Waals surface area contributed by atoms with Gasteiger partial charge in [-0.15, -0.1) is 0 Å². The fourth-order valence-corrected chi connectivity index (χ4v) is 2.66. The third kappa shape index (κ3) is 3.60. The fourth-order valence-electron chi connectivity index (χ4n) is 2.66. The third-order valence-electron chi connectivity index (χ3n) is 3.68. The van der Waals surface area contributed by atoms with Crippen LogP contribution in [-0.4, -0.2) is 36.2 Å². The molecule has 1 aliphatic rings. The van der Waals surface area contributed by atoms with Gasteiger partial charge < -0.3 is 14.8 Å². The maximum Gasteiger partial charge on any atom is 0.337 e. The van der Waals surface area contributed by atoms with Gasteiger partial charge in [-0.05, 0) is 25.5 Å². The van der Waals surface area contributed by atoms with Crippen LogP contribution in [0.5, 0.6) is 0 Å². The summed E-state index contributed by atoms with van der Waals surface area (Å²) in [5, 5.41) is 14.5. The highest BCUT2D eigenvalue weighted by Gasteiger charge is 2.40. The summed E-state index contributed by atoms with van der Waals surface area (Å²) < 4.78 is 10.0. The number of pyridine rings is 1. The summed E-state index contributed by atoms with van der Waals surface area (Å²) in [6.45, 7) is 3.62. The van der Waals surface area contributed by atoms with Gasteiger partial charge in [-0.2, -0.15) is 0 Å². The molecule has 1 aromatic heterocycles. The topological polar surface area (TPSA) is 104 Å². The van der Waals surface area contributed by atoms with E-state index in [4.69, 9.17) is 9.47 Å². The Bertz CT molecular complexity index is 697. The van der Waals surface area contributed by atoms with E-state index in [-0.39, 0.29) is 24.5 Å². The maximum absolute atomic E-state index is 12.5. The first-order chi connectivity index (χ1) is 11.5. The standard InChI is InChI=1S/C16H19N3O5/c1-10-13(16(20)24-8-7-23-3)14(12-5-4-6-17-9-12)15(19(21)22)11(2)18-10/h4-6,9,14,18H,7-8H2,1-3H3. The van der Waals surface area contributed by atoms with Gasteiger partial charge in [-0.25, -0.2) is 4.79 Å². The highest BCUT2D eigenvalue weighted by atomic mass is 16.6. The summed E-state index contributed by atoms with van der Waals surface area (Å²) in [5.41, 5.74) is 1.58. The van der Waals surface area contributed by atoms with Crippen LogP contribution in [0.4, 0.5) is 0 Å². The number of aromatic nitrogens is 1. The summed E-state index contributed by atoms with van der Waals surface area (Å²) in [4.78, 5) is 27.6. The zero-order valence-electron chi connectivity index (χ0n) is 13.7. The summed E-state index contributed by atoms with van der Waals surface area (Å²) >= 11 is 0. The molecule has 128 valence electrons. The van der Waals surface area contributed by atoms with Crippen molar-refractivity contribution in [2.75, 3.05) is 20.3 Å². The Morgan fingerprint density at radius 2 is 2.12 bits per heavy atom. The van der Waals surface area contributed by atoms with Crippen molar-refractivity contribution < 1.29 is 19.2 Å². The number of esters is 1. The second kappa shape index (κ2) is 7.69. The number of nitrogens with one attached hydrogen (secondary N) is 1. The lowest BCUT2D eigenvalue weighted by molar-refractivity contribution is -0.431. The van der Waals surface area contributed by atoms with E-state index >= 15 is 0 Å². The number of ether oxygens (including phenoxy) is 2. The number of carbonyl (C=O) groups excluding carboxylic acids is 1. The maximum atomic E-state index is 12.5. The molecule has 2 heterocycles. The summed E-state index contributed by atoms with van der Waals surface area (Å²) in [6, 6.07) is 3.38. The normalized spacial score (nSPS) is 17.5. The Labute approximate surface area is 139 Å². The molecular formula is C16H19N3O5. The number of hydrogen-bond donors (Lipinski definition) is 1. The molecule has 0 saturated heterocycles. The van der Waals surface area contributed by atoms with E-state index in [1.165, 1.54) is 13.3 Å². The second-order valence-corrected chi connectivity index (χ2v) is 5.28. The van der Waals surface area contributed by atoms with Crippen molar-refractivity contribution in [2.45, 2.75) is 19.8 Å². The molecule has 0 saturated carbocycles. The number of rotatable bonds is 6. The molecule has 0 fully saturated rings. The highest BCUT2D eigenvalue weighted by Crippen LogP contribution is 2.38. The Morgan fingerprint density at radius 1 is 1.38 bits per heavy atom. The molecule has 0 spiro atoms. The number of nitrogens with zero attached hydrogens (tertiary/aromatic N) is 2. The molecular weight excluding hydrogens is 314 g/mol. The van der Waals surface area contributed by atoms with E-state index < -0.39 is 16.8 Å². The van der Waals surface area contributed by atoms with Crippen LogP contribution in [0.2, 0.25) is 0 Å². The molecule has 0 radical (unpaired) electrons. The Morgan fingerprint density at radius 3 is 2.71 bits per heavy atom. The van der Waals surface area contributed by atoms with Gasteiger partial charge in [0.1, 0.15) is 12.5 Å². The van der Waals surface area contributed by atoms with Gasteiger partial charge in [0.15, 0.2) is 0 Å². The van der Waals surface area contributed by atoms with Gasteiger partial charge in [0, 0.05) is 25.2 Å². The van der Waals surface area contributed by atoms with Crippen LogP contribution in [0.1, 0.15) is 25.3 Å². The monoisotopic (exact) mass is 333 g/mol. The largest absolute Gasteiger partial charge is 0.460 e. The lowest BCUT2D eigenvalue weighted by atomic mass is 9.85. The molecule has 0 aliphatic carbocycles. The second-order valence-electron chi connectivity index (χ2n) is 5.28. The fraction of sp³-hybridized carbons (Fsp3) is 0.375. The number of nitro groups is 1. The van der Waals surface area contributed by atoms with Gasteiger partial charge in [-0.1, -0.05) is 6.07 Å². The summed E-state index contributed by atoms with van der Waals surface area (Å²) in [5.74, 6) is -1.46. The van der Waals surface area contributed by atoms with Crippen molar-refractivity contribution in [3.63, 3.8) is 0 Å². The number of dihydropyridines is 1. The molecule has 0 aromatic carbocycles. The van der Waals surface area contributed by atoms with Crippen molar-refractivity contribution in [2.24, 2.45) is 0 Å². The Balaban J connectivity index is 2.47. The third-order valence-corrected chi connectivity index (χ3v) is 3.68. The van der Waals surface area contributed by atoms with E-state index in [0.717, 1.165) is 0 Å². The van der Waals surface area contributed by atoms with E-state index in [2.05, 4.69) is 10.3 Å². The van der Waals surface area contributed by atoms with Crippen LogP contribution in [-0.2, 0) is 14.3 Å². The predicted octanol–water partition coefficient (Wildman–Crippen LogP) is 1.74. The number of allylic oxidation sites excluding steroid dienone is 3. The van der Waals surface area contributed by atoms with Crippen molar-refractivity contribution >= 4 is 5.97 Å². The molecule has 8 heteroatoms. The van der Waals surface area contributed by atoms with Crippen LogP contribution in [0.3, 0.4) is 0 Å². The molecule has 1 atom stereocenters. The van der Waals surface area contributed by atoms with Crippen molar-refractivity contribution in [3.05, 3.63) is 62.9 Å². The predicted molar refractivity (Wildman–Crippen MR) is 85.3 cm³/mol. The molecule has 0 bridgehead atoms. The molecule has 24 heavy (non-hydrogen) atoms. The lowest BCUT2D eigenvalue weighted by Crippen LogP contribution is -2.32. The molecule has 1 aromatic rings. The smallest absolute Gasteiger partial charge is 0.337 e. The number of methoxy groups -OCH3 is 1. The minimum absolute atomic E-state index is 0.0718. The van der Waals surface area contributed by atoms with Gasteiger partial charge in [0.25, 0.3) is 5.70 Å². The van der Waals surface area contributed by atoms with Crippen LogP contribution >= 0.6 is 0 Å². The van der Waals surface area contributed by atoms with E-state index in [1.54, 1.807) is 32.2 Å². The van der Waals surface area contributed by atoms with Crippen molar-refractivity contribution in [3.8, 4) is 0 Å². The SMILES string of the molecule is COCCOC(=O)C1=C(C)NC(C)=C([N+](=O)[O-])C1c1cccnc1. The quantitative estimate of drug-likeness (QED) is 0.366. The molecule has 0 amide bonds. The van der Waals surface area contributed by atoms with Crippen LogP contribution < -0.4 is 5.32 Å². The highest BCUT2D eigenvalue weighted by molar-refractivity contribution is 5.92.